The molecule has 0 spiro atoms. The summed E-state index contributed by atoms with van der Waals surface area (Å²) in [5.41, 5.74) is -0.769. The molecule has 3 aromatic rings. The Kier molecular flexibility index (Phi) is 5.37. The van der Waals surface area contributed by atoms with Crippen molar-refractivity contribution in [3.8, 4) is 23.0 Å². The first kappa shape index (κ1) is 21.2. The van der Waals surface area contributed by atoms with E-state index >= 15 is 0 Å². The molecule has 4 rings (SSSR count). The van der Waals surface area contributed by atoms with Crippen molar-refractivity contribution in [3.05, 3.63) is 34.5 Å². The van der Waals surface area contributed by atoms with E-state index in [4.69, 9.17) is 18.6 Å². The van der Waals surface area contributed by atoms with E-state index in [1.807, 2.05) is 0 Å². The van der Waals surface area contributed by atoms with E-state index in [9.17, 15) is 35.4 Å². The third-order valence-corrected chi connectivity index (χ3v) is 5.14. The van der Waals surface area contributed by atoms with E-state index in [1.54, 1.807) is 0 Å². The maximum absolute atomic E-state index is 13.2. The Hall–Kier alpha value is -3.09. The van der Waals surface area contributed by atoms with Crippen molar-refractivity contribution < 1.29 is 49.3 Å². The van der Waals surface area contributed by atoms with Crippen molar-refractivity contribution in [1.82, 2.24) is 0 Å². The highest BCUT2D eigenvalue weighted by atomic mass is 16.7. The highest BCUT2D eigenvalue weighted by Gasteiger charge is 2.45. The Morgan fingerprint density at radius 2 is 1.71 bits per heavy atom. The van der Waals surface area contributed by atoms with Gasteiger partial charge in [-0.2, -0.15) is 0 Å². The molecule has 31 heavy (non-hydrogen) atoms. The molecule has 2 heterocycles. The third-order valence-electron chi connectivity index (χ3n) is 5.14. The lowest BCUT2D eigenvalue weighted by Crippen LogP contribution is -2.60. The lowest BCUT2D eigenvalue weighted by Gasteiger charge is -2.39. The predicted octanol–water partition coefficient (Wildman–Crippen LogP) is -0.455. The molecule has 0 unspecified atom stereocenters. The summed E-state index contributed by atoms with van der Waals surface area (Å²) in [4.78, 5) is 13.2. The Morgan fingerprint density at radius 3 is 2.39 bits per heavy atom. The van der Waals surface area contributed by atoms with E-state index in [0.29, 0.717) is 0 Å². The number of aliphatic hydroxyl groups excluding tert-OH is 4. The smallest absolute Gasteiger partial charge is 0.229 e. The summed E-state index contributed by atoms with van der Waals surface area (Å²) < 4.78 is 21.5. The van der Waals surface area contributed by atoms with Crippen LogP contribution >= 0.6 is 0 Å². The number of methoxy groups -OCH3 is 1. The maximum atomic E-state index is 13.2. The number of aromatic hydroxyl groups is 2. The van der Waals surface area contributed by atoms with Crippen LogP contribution in [0.5, 0.6) is 23.0 Å². The number of hydrogen-bond donors (Lipinski definition) is 6. The van der Waals surface area contributed by atoms with Gasteiger partial charge in [0, 0.05) is 12.1 Å². The quantitative estimate of drug-likeness (QED) is 0.292. The van der Waals surface area contributed by atoms with Gasteiger partial charge in [0.05, 0.1) is 13.7 Å². The number of aliphatic hydroxyl groups is 4. The van der Waals surface area contributed by atoms with Gasteiger partial charge in [0.25, 0.3) is 0 Å². The van der Waals surface area contributed by atoms with Crippen LogP contribution in [0.4, 0.5) is 0 Å². The monoisotopic (exact) mass is 436 g/mol. The second-order valence-corrected chi connectivity index (χ2v) is 7.05. The Bertz CT molecular complexity index is 1190. The summed E-state index contributed by atoms with van der Waals surface area (Å²) in [5, 5.41) is 59.5. The number of phenolic OH excluding ortho intramolecular Hbond substituents is 2. The molecule has 166 valence electrons. The molecule has 1 fully saturated rings. The SMILES string of the molecule is COc1ccc2oc3cc(O)cc(O[C@@H]4O[C@H](CO)[C@@H](O)[C@H](O)[C@H]4O)c3c(=O)c2c1O. The van der Waals surface area contributed by atoms with Gasteiger partial charge in [-0.3, -0.25) is 4.79 Å². The zero-order valence-corrected chi connectivity index (χ0v) is 16.1. The minimum absolute atomic E-state index is 0.0280. The highest BCUT2D eigenvalue weighted by Crippen LogP contribution is 2.37. The average molecular weight is 436 g/mol. The summed E-state index contributed by atoms with van der Waals surface area (Å²) in [5.74, 6) is -1.04. The van der Waals surface area contributed by atoms with Crippen LogP contribution in [0.25, 0.3) is 21.9 Å². The summed E-state index contributed by atoms with van der Waals surface area (Å²) in [6.45, 7) is -0.675. The van der Waals surface area contributed by atoms with Crippen molar-refractivity contribution in [1.29, 1.82) is 0 Å². The van der Waals surface area contributed by atoms with E-state index in [0.717, 1.165) is 12.1 Å². The minimum atomic E-state index is -1.74. The van der Waals surface area contributed by atoms with Crippen molar-refractivity contribution in [3.63, 3.8) is 0 Å². The second kappa shape index (κ2) is 7.87. The molecule has 1 aliphatic heterocycles. The molecule has 6 N–H and O–H groups in total. The van der Waals surface area contributed by atoms with Crippen molar-refractivity contribution in [2.24, 2.45) is 0 Å². The van der Waals surface area contributed by atoms with Crippen LogP contribution in [-0.2, 0) is 4.74 Å². The predicted molar refractivity (Wildman–Crippen MR) is 104 cm³/mol. The molecular formula is C20H20O11. The summed E-state index contributed by atoms with van der Waals surface area (Å²) in [6, 6.07) is 5.04. The standard InChI is InChI=1S/C20H20O11/c1-28-9-3-2-8-14(15(9)23)17(25)13-10(29-8)4-7(22)5-11(13)30-20-19(27)18(26)16(24)12(6-21)31-20/h2-5,12,16,18-24,26-27H,6H2,1H3/t12-,16-,18+,19-,20-/m1/s1. The number of hydrogen-bond acceptors (Lipinski definition) is 11. The lowest BCUT2D eigenvalue weighted by molar-refractivity contribution is -0.277. The van der Waals surface area contributed by atoms with Gasteiger partial charge >= 0.3 is 0 Å². The van der Waals surface area contributed by atoms with Gasteiger partial charge in [-0.15, -0.1) is 0 Å². The topological polar surface area (TPSA) is 179 Å². The first-order valence-corrected chi connectivity index (χ1v) is 9.23. The fourth-order valence-corrected chi connectivity index (χ4v) is 3.53. The van der Waals surface area contributed by atoms with Gasteiger partial charge in [-0.05, 0) is 12.1 Å². The van der Waals surface area contributed by atoms with Crippen molar-refractivity contribution >= 4 is 21.9 Å². The number of phenols is 2. The molecule has 1 aliphatic rings. The molecule has 0 aliphatic carbocycles. The number of benzene rings is 2. The van der Waals surface area contributed by atoms with Crippen LogP contribution in [0.15, 0.2) is 33.5 Å². The molecule has 0 bridgehead atoms. The van der Waals surface area contributed by atoms with Crippen LogP contribution in [0.3, 0.4) is 0 Å². The molecule has 5 atom stereocenters. The maximum Gasteiger partial charge on any atom is 0.229 e. The van der Waals surface area contributed by atoms with Gasteiger partial charge in [-0.1, -0.05) is 0 Å². The third kappa shape index (κ3) is 3.42. The second-order valence-electron chi connectivity index (χ2n) is 7.05. The van der Waals surface area contributed by atoms with Crippen LogP contribution in [0, 0.1) is 0 Å². The lowest BCUT2D eigenvalue weighted by atomic mass is 9.99. The molecule has 1 aromatic heterocycles. The molecule has 0 saturated carbocycles. The molecule has 1 saturated heterocycles. The Labute approximate surface area is 173 Å². The van der Waals surface area contributed by atoms with Gasteiger partial charge in [0.2, 0.25) is 11.7 Å². The first-order chi connectivity index (χ1) is 14.8. The molecule has 0 radical (unpaired) electrons. The number of rotatable bonds is 4. The van der Waals surface area contributed by atoms with Crippen molar-refractivity contribution in [2.45, 2.75) is 30.7 Å². The minimum Gasteiger partial charge on any atom is -0.508 e. The van der Waals surface area contributed by atoms with Gasteiger partial charge in [-0.25, -0.2) is 0 Å². The molecule has 11 heteroatoms. The molecule has 0 amide bonds. The largest absolute Gasteiger partial charge is 0.508 e. The first-order valence-electron chi connectivity index (χ1n) is 9.23. The van der Waals surface area contributed by atoms with Gasteiger partial charge in [0.1, 0.15) is 57.9 Å². The summed E-state index contributed by atoms with van der Waals surface area (Å²) >= 11 is 0. The number of ether oxygens (including phenoxy) is 3. The molecule has 11 nitrogen and oxygen atoms in total. The van der Waals surface area contributed by atoms with Crippen LogP contribution in [0.2, 0.25) is 0 Å². The van der Waals surface area contributed by atoms with Crippen molar-refractivity contribution in [2.75, 3.05) is 13.7 Å². The average Bonchev–Trinajstić information content (AvgIpc) is 2.73. The Morgan fingerprint density at radius 1 is 0.968 bits per heavy atom. The van der Waals surface area contributed by atoms with Gasteiger partial charge in [0.15, 0.2) is 11.5 Å². The highest BCUT2D eigenvalue weighted by molar-refractivity contribution is 5.97. The van der Waals surface area contributed by atoms with Gasteiger partial charge < -0.3 is 49.3 Å². The zero-order valence-electron chi connectivity index (χ0n) is 16.1. The van der Waals surface area contributed by atoms with Crippen LogP contribution in [-0.4, -0.2) is 75.1 Å². The van der Waals surface area contributed by atoms with E-state index in [-0.39, 0.29) is 39.2 Å². The van der Waals surface area contributed by atoms with Crippen LogP contribution in [0.1, 0.15) is 0 Å². The normalized spacial score (nSPS) is 26.3. The Balaban J connectivity index is 1.88. The van der Waals surface area contributed by atoms with E-state index < -0.39 is 48.5 Å². The molecule has 2 aromatic carbocycles. The fraction of sp³-hybridized carbons (Fsp3) is 0.350. The number of fused-ring (bicyclic) bond motifs is 2. The zero-order chi connectivity index (χ0) is 22.4. The molecular weight excluding hydrogens is 416 g/mol. The van der Waals surface area contributed by atoms with Crippen LogP contribution < -0.4 is 14.9 Å². The van der Waals surface area contributed by atoms with E-state index in [2.05, 4.69) is 0 Å². The summed E-state index contributed by atoms with van der Waals surface area (Å²) in [7, 11) is 1.31. The van der Waals surface area contributed by atoms with E-state index in [1.165, 1.54) is 19.2 Å². The summed E-state index contributed by atoms with van der Waals surface area (Å²) in [6.07, 6.45) is -7.88. The fourth-order valence-electron chi connectivity index (χ4n) is 3.53.